The monoisotopic (exact) mass is 248 g/mol. The summed E-state index contributed by atoms with van der Waals surface area (Å²) in [4.78, 5) is 13.9. The van der Waals surface area contributed by atoms with Crippen molar-refractivity contribution in [3.8, 4) is 0 Å². The maximum Gasteiger partial charge on any atom is 0.225 e. The van der Waals surface area contributed by atoms with Crippen molar-refractivity contribution in [1.82, 2.24) is 4.90 Å². The first kappa shape index (κ1) is 14.7. The Bertz CT molecular complexity index is 384. The van der Waals surface area contributed by atoms with Crippen LogP contribution in [0.2, 0.25) is 0 Å². The second-order valence-electron chi connectivity index (χ2n) is 5.25. The average molecular weight is 248 g/mol. The largest absolute Gasteiger partial charge is 0.341 e. The van der Waals surface area contributed by atoms with Gasteiger partial charge in [-0.25, -0.2) is 0 Å². The zero-order valence-electron chi connectivity index (χ0n) is 11.8. The number of hydrogen-bond acceptors (Lipinski definition) is 2. The molecule has 0 radical (unpaired) electrons. The van der Waals surface area contributed by atoms with E-state index < -0.39 is 0 Å². The highest BCUT2D eigenvalue weighted by Crippen LogP contribution is 2.14. The summed E-state index contributed by atoms with van der Waals surface area (Å²) in [6.07, 6.45) is 0. The van der Waals surface area contributed by atoms with Gasteiger partial charge in [-0.1, -0.05) is 45.0 Å². The third-order valence-corrected chi connectivity index (χ3v) is 3.44. The molecule has 1 rings (SSSR count). The summed E-state index contributed by atoms with van der Waals surface area (Å²) < 4.78 is 0. The van der Waals surface area contributed by atoms with Gasteiger partial charge in [0.05, 0.1) is 0 Å². The third kappa shape index (κ3) is 3.84. The molecule has 1 unspecified atom stereocenters. The summed E-state index contributed by atoms with van der Waals surface area (Å²) in [5.41, 5.74) is 7.81. The van der Waals surface area contributed by atoms with Crippen LogP contribution >= 0.6 is 0 Å². The van der Waals surface area contributed by atoms with Crippen molar-refractivity contribution in [1.29, 1.82) is 0 Å². The Kier molecular flexibility index (Phi) is 5.35. The minimum atomic E-state index is 0.0679. The van der Waals surface area contributed by atoms with Crippen molar-refractivity contribution < 1.29 is 4.79 Å². The number of hydrogen-bond donors (Lipinski definition) is 1. The number of nitrogens with zero attached hydrogens (tertiary/aromatic N) is 1. The number of amides is 1. The van der Waals surface area contributed by atoms with E-state index in [1.807, 2.05) is 38.2 Å². The highest BCUT2D eigenvalue weighted by molar-refractivity contribution is 5.78. The lowest BCUT2D eigenvalue weighted by Crippen LogP contribution is -2.33. The SMILES string of the molecule is CC(C)C(C)C(=O)N(C)Cc1ccc(CN)cc1. The first-order chi connectivity index (χ1) is 8.45. The molecule has 1 aromatic carbocycles. The Morgan fingerprint density at radius 2 is 1.67 bits per heavy atom. The predicted octanol–water partition coefficient (Wildman–Crippen LogP) is 2.40. The summed E-state index contributed by atoms with van der Waals surface area (Å²) in [5.74, 6) is 0.644. The van der Waals surface area contributed by atoms with E-state index in [0.717, 1.165) is 11.1 Å². The Hall–Kier alpha value is -1.35. The highest BCUT2D eigenvalue weighted by atomic mass is 16.2. The number of carbonyl (C=O) groups is 1. The van der Waals surface area contributed by atoms with Crippen LogP contribution in [0, 0.1) is 11.8 Å². The zero-order valence-corrected chi connectivity index (χ0v) is 11.8. The lowest BCUT2D eigenvalue weighted by Gasteiger charge is -2.23. The van der Waals surface area contributed by atoms with Gasteiger partial charge in [-0.3, -0.25) is 4.79 Å². The van der Waals surface area contributed by atoms with E-state index in [-0.39, 0.29) is 11.8 Å². The minimum Gasteiger partial charge on any atom is -0.341 e. The molecule has 1 atom stereocenters. The fourth-order valence-corrected chi connectivity index (χ4v) is 1.77. The van der Waals surface area contributed by atoms with E-state index in [1.165, 1.54) is 0 Å². The molecule has 0 spiro atoms. The predicted molar refractivity (Wildman–Crippen MR) is 74.8 cm³/mol. The van der Waals surface area contributed by atoms with Gasteiger partial charge in [-0.15, -0.1) is 0 Å². The fourth-order valence-electron chi connectivity index (χ4n) is 1.77. The molecular weight excluding hydrogens is 224 g/mol. The van der Waals surface area contributed by atoms with Crippen LogP contribution in [0.25, 0.3) is 0 Å². The molecule has 100 valence electrons. The van der Waals surface area contributed by atoms with Gasteiger partial charge in [0, 0.05) is 26.1 Å². The van der Waals surface area contributed by atoms with Crippen molar-refractivity contribution in [3.63, 3.8) is 0 Å². The van der Waals surface area contributed by atoms with Crippen molar-refractivity contribution in [2.45, 2.75) is 33.9 Å². The topological polar surface area (TPSA) is 46.3 Å². The van der Waals surface area contributed by atoms with Crippen LogP contribution < -0.4 is 5.73 Å². The van der Waals surface area contributed by atoms with E-state index in [0.29, 0.717) is 19.0 Å². The van der Waals surface area contributed by atoms with E-state index in [4.69, 9.17) is 5.73 Å². The highest BCUT2D eigenvalue weighted by Gasteiger charge is 2.20. The second-order valence-corrected chi connectivity index (χ2v) is 5.25. The van der Waals surface area contributed by atoms with Gasteiger partial charge < -0.3 is 10.6 Å². The van der Waals surface area contributed by atoms with Gasteiger partial charge in [0.1, 0.15) is 0 Å². The van der Waals surface area contributed by atoms with Crippen LogP contribution in [0.1, 0.15) is 31.9 Å². The van der Waals surface area contributed by atoms with Crippen LogP contribution in [0.5, 0.6) is 0 Å². The molecule has 0 saturated carbocycles. The first-order valence-corrected chi connectivity index (χ1v) is 6.48. The van der Waals surface area contributed by atoms with Crippen LogP contribution in [0.15, 0.2) is 24.3 Å². The standard InChI is InChI=1S/C15H24N2O/c1-11(2)12(3)15(18)17(4)10-14-7-5-13(9-16)6-8-14/h5-8,11-12H,9-10,16H2,1-4H3. The average Bonchev–Trinajstić information content (AvgIpc) is 2.37. The molecule has 3 nitrogen and oxygen atoms in total. The summed E-state index contributed by atoms with van der Waals surface area (Å²) in [5, 5.41) is 0. The smallest absolute Gasteiger partial charge is 0.225 e. The Morgan fingerprint density at radius 1 is 1.17 bits per heavy atom. The second kappa shape index (κ2) is 6.55. The third-order valence-electron chi connectivity index (χ3n) is 3.44. The lowest BCUT2D eigenvalue weighted by molar-refractivity contribution is -0.135. The Balaban J connectivity index is 2.63. The Labute approximate surface area is 110 Å². The summed E-state index contributed by atoms with van der Waals surface area (Å²) >= 11 is 0. The van der Waals surface area contributed by atoms with E-state index in [9.17, 15) is 4.79 Å². The fraction of sp³-hybridized carbons (Fsp3) is 0.533. The molecule has 0 aliphatic heterocycles. The Morgan fingerprint density at radius 3 is 2.11 bits per heavy atom. The summed E-state index contributed by atoms with van der Waals surface area (Å²) in [6, 6.07) is 8.09. The van der Waals surface area contributed by atoms with Crippen LogP contribution in [0.3, 0.4) is 0 Å². The summed E-state index contributed by atoms with van der Waals surface area (Å²) in [7, 11) is 1.86. The van der Waals surface area contributed by atoms with Crippen molar-refractivity contribution in [2.75, 3.05) is 7.05 Å². The van der Waals surface area contributed by atoms with E-state index in [1.54, 1.807) is 4.90 Å². The molecule has 0 aliphatic rings. The number of rotatable bonds is 5. The molecular formula is C15H24N2O. The van der Waals surface area contributed by atoms with Crippen molar-refractivity contribution in [3.05, 3.63) is 35.4 Å². The number of benzene rings is 1. The minimum absolute atomic E-state index is 0.0679. The van der Waals surface area contributed by atoms with Gasteiger partial charge in [0.15, 0.2) is 0 Å². The molecule has 0 fully saturated rings. The normalized spacial score (nSPS) is 12.6. The maximum atomic E-state index is 12.1. The molecule has 0 saturated heterocycles. The molecule has 1 aromatic rings. The lowest BCUT2D eigenvalue weighted by atomic mass is 9.96. The molecule has 0 aliphatic carbocycles. The van der Waals surface area contributed by atoms with Gasteiger partial charge in [-0.05, 0) is 17.0 Å². The molecule has 0 heterocycles. The number of carbonyl (C=O) groups excluding carboxylic acids is 1. The molecule has 1 amide bonds. The quantitative estimate of drug-likeness (QED) is 0.869. The van der Waals surface area contributed by atoms with Gasteiger partial charge >= 0.3 is 0 Å². The molecule has 18 heavy (non-hydrogen) atoms. The molecule has 0 bridgehead atoms. The van der Waals surface area contributed by atoms with Gasteiger partial charge in [0.2, 0.25) is 5.91 Å². The van der Waals surface area contributed by atoms with Gasteiger partial charge in [0.25, 0.3) is 0 Å². The van der Waals surface area contributed by atoms with Crippen LogP contribution in [-0.2, 0) is 17.9 Å². The van der Waals surface area contributed by atoms with E-state index >= 15 is 0 Å². The van der Waals surface area contributed by atoms with Crippen molar-refractivity contribution in [2.24, 2.45) is 17.6 Å². The van der Waals surface area contributed by atoms with Crippen LogP contribution in [0.4, 0.5) is 0 Å². The van der Waals surface area contributed by atoms with Crippen LogP contribution in [-0.4, -0.2) is 17.9 Å². The molecule has 0 aromatic heterocycles. The maximum absolute atomic E-state index is 12.1. The van der Waals surface area contributed by atoms with E-state index in [2.05, 4.69) is 13.8 Å². The first-order valence-electron chi connectivity index (χ1n) is 6.48. The number of nitrogens with two attached hydrogens (primary N) is 1. The zero-order chi connectivity index (χ0) is 13.7. The molecule has 2 N–H and O–H groups in total. The summed E-state index contributed by atoms with van der Waals surface area (Å²) in [6.45, 7) is 7.35. The van der Waals surface area contributed by atoms with Gasteiger partial charge in [-0.2, -0.15) is 0 Å². The molecule has 3 heteroatoms. The van der Waals surface area contributed by atoms with Crippen molar-refractivity contribution >= 4 is 5.91 Å².